The number of aliphatic hydroxyl groups excluding tert-OH is 1. The van der Waals surface area contributed by atoms with Crippen LogP contribution in [0.1, 0.15) is 37.0 Å². The molecule has 2 rings (SSSR count). The fourth-order valence-electron chi connectivity index (χ4n) is 2.01. The Morgan fingerprint density at radius 3 is 2.11 bits per heavy atom. The Labute approximate surface area is 116 Å². The quantitative estimate of drug-likeness (QED) is 0.849. The Balaban J connectivity index is 0.000000861. The molecular weight excluding hydrogens is 232 g/mol. The van der Waals surface area contributed by atoms with E-state index in [1.165, 1.54) is 16.7 Å². The number of hydrogen-bond acceptors (Lipinski definition) is 1. The summed E-state index contributed by atoms with van der Waals surface area (Å²) in [5, 5.41) is 8.83. The fraction of sp³-hybridized carbons (Fsp3) is 0.333. The molecule has 0 radical (unpaired) electrons. The van der Waals surface area contributed by atoms with Crippen molar-refractivity contribution in [2.24, 2.45) is 0 Å². The van der Waals surface area contributed by atoms with Crippen LogP contribution in [0.2, 0.25) is 0 Å². The van der Waals surface area contributed by atoms with Crippen LogP contribution in [0, 0.1) is 0 Å². The lowest BCUT2D eigenvalue weighted by molar-refractivity contribution is 0.288. The van der Waals surface area contributed by atoms with Crippen molar-refractivity contribution in [1.82, 2.24) is 0 Å². The average molecular weight is 256 g/mol. The Kier molecular flexibility index (Phi) is 7.60. The SMILES string of the molecule is CC.OCCCc1cccc(Cc2ccccc2)c1. The zero-order chi connectivity index (χ0) is 13.9. The van der Waals surface area contributed by atoms with Crippen LogP contribution in [0.5, 0.6) is 0 Å². The molecule has 0 unspecified atom stereocenters. The zero-order valence-electron chi connectivity index (χ0n) is 12.0. The maximum absolute atomic E-state index is 8.83. The minimum atomic E-state index is 0.267. The van der Waals surface area contributed by atoms with Gasteiger partial charge in [-0.1, -0.05) is 68.4 Å². The molecule has 0 fully saturated rings. The van der Waals surface area contributed by atoms with Crippen molar-refractivity contribution in [3.63, 3.8) is 0 Å². The first kappa shape index (κ1) is 15.5. The topological polar surface area (TPSA) is 20.2 Å². The molecule has 0 aromatic heterocycles. The summed E-state index contributed by atoms with van der Waals surface area (Å²) in [7, 11) is 0. The van der Waals surface area contributed by atoms with Gasteiger partial charge < -0.3 is 5.11 Å². The van der Waals surface area contributed by atoms with Crippen LogP contribution >= 0.6 is 0 Å². The van der Waals surface area contributed by atoms with E-state index in [-0.39, 0.29) is 6.61 Å². The van der Waals surface area contributed by atoms with E-state index in [9.17, 15) is 0 Å². The van der Waals surface area contributed by atoms with Crippen LogP contribution < -0.4 is 0 Å². The van der Waals surface area contributed by atoms with E-state index < -0.39 is 0 Å². The van der Waals surface area contributed by atoms with Gasteiger partial charge in [-0.05, 0) is 36.0 Å². The molecule has 19 heavy (non-hydrogen) atoms. The summed E-state index contributed by atoms with van der Waals surface area (Å²) in [6.45, 7) is 4.27. The molecule has 1 heteroatoms. The Hall–Kier alpha value is -1.60. The molecule has 0 bridgehead atoms. The summed E-state index contributed by atoms with van der Waals surface area (Å²) in [5.74, 6) is 0. The summed E-state index contributed by atoms with van der Waals surface area (Å²) in [6.07, 6.45) is 2.78. The van der Waals surface area contributed by atoms with E-state index in [1.807, 2.05) is 19.9 Å². The van der Waals surface area contributed by atoms with E-state index in [2.05, 4.69) is 48.5 Å². The predicted octanol–water partition coefficient (Wildman–Crippen LogP) is 4.23. The van der Waals surface area contributed by atoms with Crippen molar-refractivity contribution >= 4 is 0 Å². The summed E-state index contributed by atoms with van der Waals surface area (Å²) in [6, 6.07) is 19.1. The molecule has 0 aliphatic rings. The van der Waals surface area contributed by atoms with Gasteiger partial charge in [-0.3, -0.25) is 0 Å². The van der Waals surface area contributed by atoms with E-state index >= 15 is 0 Å². The van der Waals surface area contributed by atoms with Gasteiger partial charge in [0.25, 0.3) is 0 Å². The Morgan fingerprint density at radius 1 is 0.789 bits per heavy atom. The molecule has 0 heterocycles. The summed E-state index contributed by atoms with van der Waals surface area (Å²) >= 11 is 0. The van der Waals surface area contributed by atoms with Crippen molar-refractivity contribution in [2.75, 3.05) is 6.61 Å². The van der Waals surface area contributed by atoms with E-state index in [0.29, 0.717) is 0 Å². The van der Waals surface area contributed by atoms with Crippen LogP contribution in [0.15, 0.2) is 54.6 Å². The summed E-state index contributed by atoms with van der Waals surface area (Å²) in [5.41, 5.74) is 3.99. The molecule has 0 atom stereocenters. The lowest BCUT2D eigenvalue weighted by Crippen LogP contribution is -1.92. The normalized spacial score (nSPS) is 9.63. The number of benzene rings is 2. The molecule has 102 valence electrons. The minimum absolute atomic E-state index is 0.267. The van der Waals surface area contributed by atoms with Gasteiger partial charge in [0.05, 0.1) is 0 Å². The highest BCUT2D eigenvalue weighted by Crippen LogP contribution is 2.12. The molecular formula is C18H24O. The van der Waals surface area contributed by atoms with Crippen LogP contribution in [-0.4, -0.2) is 11.7 Å². The van der Waals surface area contributed by atoms with Gasteiger partial charge >= 0.3 is 0 Å². The van der Waals surface area contributed by atoms with Crippen LogP contribution in [0.3, 0.4) is 0 Å². The van der Waals surface area contributed by atoms with Gasteiger partial charge in [0.15, 0.2) is 0 Å². The maximum atomic E-state index is 8.83. The second kappa shape index (κ2) is 9.35. The zero-order valence-corrected chi connectivity index (χ0v) is 12.0. The lowest BCUT2D eigenvalue weighted by atomic mass is 10.0. The molecule has 0 aliphatic carbocycles. The first-order valence-corrected chi connectivity index (χ1v) is 7.11. The number of hydrogen-bond donors (Lipinski definition) is 1. The molecule has 0 aliphatic heterocycles. The lowest BCUT2D eigenvalue weighted by Gasteiger charge is -2.05. The van der Waals surface area contributed by atoms with Gasteiger partial charge in [-0.2, -0.15) is 0 Å². The Bertz CT molecular complexity index is 448. The molecule has 0 saturated carbocycles. The predicted molar refractivity (Wildman–Crippen MR) is 82.4 cm³/mol. The number of rotatable bonds is 5. The molecule has 1 nitrogen and oxygen atoms in total. The molecule has 0 saturated heterocycles. The third-order valence-corrected chi connectivity index (χ3v) is 2.87. The van der Waals surface area contributed by atoms with Crippen molar-refractivity contribution in [3.05, 3.63) is 71.3 Å². The third kappa shape index (κ3) is 5.71. The first-order valence-electron chi connectivity index (χ1n) is 7.11. The highest BCUT2D eigenvalue weighted by molar-refractivity contribution is 5.29. The maximum Gasteiger partial charge on any atom is 0.0434 e. The number of aliphatic hydroxyl groups is 1. The van der Waals surface area contributed by atoms with Crippen molar-refractivity contribution < 1.29 is 5.11 Å². The van der Waals surface area contributed by atoms with Gasteiger partial charge in [0.2, 0.25) is 0 Å². The Morgan fingerprint density at radius 2 is 1.42 bits per heavy atom. The van der Waals surface area contributed by atoms with Crippen molar-refractivity contribution in [2.45, 2.75) is 33.1 Å². The number of aryl methyl sites for hydroxylation is 1. The van der Waals surface area contributed by atoms with Gasteiger partial charge in [0, 0.05) is 6.61 Å². The van der Waals surface area contributed by atoms with Crippen molar-refractivity contribution in [3.8, 4) is 0 Å². The fourth-order valence-corrected chi connectivity index (χ4v) is 2.01. The van der Waals surface area contributed by atoms with E-state index in [4.69, 9.17) is 5.11 Å². The second-order valence-electron chi connectivity index (χ2n) is 4.31. The van der Waals surface area contributed by atoms with Crippen LogP contribution in [0.4, 0.5) is 0 Å². The minimum Gasteiger partial charge on any atom is -0.396 e. The third-order valence-electron chi connectivity index (χ3n) is 2.87. The summed E-state index contributed by atoms with van der Waals surface area (Å²) < 4.78 is 0. The van der Waals surface area contributed by atoms with Crippen LogP contribution in [-0.2, 0) is 12.8 Å². The second-order valence-corrected chi connectivity index (χ2v) is 4.31. The largest absolute Gasteiger partial charge is 0.396 e. The first-order chi connectivity index (χ1) is 9.38. The summed E-state index contributed by atoms with van der Waals surface area (Å²) in [4.78, 5) is 0. The molecule has 1 N–H and O–H groups in total. The highest BCUT2D eigenvalue weighted by atomic mass is 16.2. The van der Waals surface area contributed by atoms with Gasteiger partial charge in [0.1, 0.15) is 0 Å². The molecule has 0 spiro atoms. The van der Waals surface area contributed by atoms with Gasteiger partial charge in [-0.15, -0.1) is 0 Å². The van der Waals surface area contributed by atoms with Crippen LogP contribution in [0.25, 0.3) is 0 Å². The molecule has 2 aromatic carbocycles. The monoisotopic (exact) mass is 256 g/mol. The van der Waals surface area contributed by atoms with E-state index in [0.717, 1.165) is 19.3 Å². The molecule has 2 aromatic rings. The van der Waals surface area contributed by atoms with Gasteiger partial charge in [-0.25, -0.2) is 0 Å². The molecule has 0 amide bonds. The standard InChI is InChI=1S/C16H18O.C2H6/c17-11-5-10-15-8-4-9-16(13-15)12-14-6-2-1-3-7-14;1-2/h1-4,6-9,13,17H,5,10-12H2;1-2H3. The van der Waals surface area contributed by atoms with E-state index in [1.54, 1.807) is 0 Å². The smallest absolute Gasteiger partial charge is 0.0434 e. The highest BCUT2D eigenvalue weighted by Gasteiger charge is 1.98. The average Bonchev–Trinajstić information content (AvgIpc) is 2.49. The van der Waals surface area contributed by atoms with Crippen molar-refractivity contribution in [1.29, 1.82) is 0 Å².